The largest absolute Gasteiger partial charge is 0.435 e. The number of alkyl halides is 9. The lowest BCUT2D eigenvalue weighted by Crippen LogP contribution is -2.68. The molecule has 0 rings (SSSR count). The third-order valence-electron chi connectivity index (χ3n) is 2.98. The van der Waals surface area contributed by atoms with Crippen LogP contribution in [0.25, 0.3) is 0 Å². The number of hydrogen-bond donors (Lipinski definition) is 0. The maximum atomic E-state index is 12.8. The molecule has 0 aliphatic heterocycles. The minimum Gasteiger partial charge on any atom is -0.382 e. The van der Waals surface area contributed by atoms with Gasteiger partial charge in [-0.1, -0.05) is 6.92 Å². The lowest BCUT2D eigenvalue weighted by molar-refractivity contribution is -0.459. The van der Waals surface area contributed by atoms with E-state index in [-0.39, 0.29) is 19.8 Å². The smallest absolute Gasteiger partial charge is 0.382 e. The van der Waals surface area contributed by atoms with Crippen molar-refractivity contribution in [1.82, 2.24) is 0 Å². The Morgan fingerprint density at radius 3 is 1.62 bits per heavy atom. The fourth-order valence-corrected chi connectivity index (χ4v) is 1.73. The van der Waals surface area contributed by atoms with Gasteiger partial charge in [0, 0.05) is 13.7 Å². The van der Waals surface area contributed by atoms with Crippen LogP contribution in [0.15, 0.2) is 0 Å². The molecule has 0 heterocycles. The number of methoxy groups -OCH3 is 1. The van der Waals surface area contributed by atoms with E-state index in [1.807, 2.05) is 0 Å². The zero-order chi connectivity index (χ0) is 20.6. The molecule has 4 nitrogen and oxygen atoms in total. The Balaban J connectivity index is 5.40. The Morgan fingerprint density at radius 1 is 0.731 bits per heavy atom. The van der Waals surface area contributed by atoms with Crippen LogP contribution in [-0.2, 0) is 18.9 Å². The summed E-state index contributed by atoms with van der Waals surface area (Å²) in [5, 5.41) is 0. The molecule has 0 N–H and O–H groups in total. The maximum absolute atomic E-state index is 12.8. The van der Waals surface area contributed by atoms with E-state index in [1.165, 1.54) is 7.11 Å². The highest BCUT2D eigenvalue weighted by atomic mass is 19.4. The molecule has 26 heavy (non-hydrogen) atoms. The zero-order valence-electron chi connectivity index (χ0n) is 13.9. The van der Waals surface area contributed by atoms with E-state index >= 15 is 0 Å². The van der Waals surface area contributed by atoms with Crippen molar-refractivity contribution < 1.29 is 58.5 Å². The maximum Gasteiger partial charge on any atom is 0.435 e. The lowest BCUT2D eigenvalue weighted by Gasteiger charge is -2.38. The van der Waals surface area contributed by atoms with Gasteiger partial charge >= 0.3 is 24.1 Å². The van der Waals surface area contributed by atoms with Crippen LogP contribution in [0.4, 0.5) is 39.5 Å². The van der Waals surface area contributed by atoms with Crippen LogP contribution < -0.4 is 0 Å². The fraction of sp³-hybridized carbons (Fsp3) is 1.00. The molecule has 0 aliphatic carbocycles. The van der Waals surface area contributed by atoms with Crippen molar-refractivity contribution in [3.63, 3.8) is 0 Å². The summed E-state index contributed by atoms with van der Waals surface area (Å²) in [5.41, 5.74) is -6.33. The number of halogens is 9. The van der Waals surface area contributed by atoms with Crippen molar-refractivity contribution in [3.8, 4) is 0 Å². The summed E-state index contributed by atoms with van der Waals surface area (Å²) >= 11 is 0. The Hall–Kier alpha value is -0.790. The van der Waals surface area contributed by atoms with E-state index in [2.05, 4.69) is 9.47 Å². The van der Waals surface area contributed by atoms with Gasteiger partial charge in [-0.25, -0.2) is 0 Å². The SMILES string of the molecule is CCCOC(COCCOC)COC(C(F)(F)F)(C(F)(F)F)C(F)(F)F. The van der Waals surface area contributed by atoms with Crippen molar-refractivity contribution in [2.45, 2.75) is 43.6 Å². The predicted molar refractivity (Wildman–Crippen MR) is 69.6 cm³/mol. The Kier molecular flexibility index (Phi) is 9.64. The van der Waals surface area contributed by atoms with Crippen LogP contribution >= 0.6 is 0 Å². The second-order valence-electron chi connectivity index (χ2n) is 5.05. The molecule has 1 atom stereocenters. The third-order valence-corrected chi connectivity index (χ3v) is 2.98. The lowest BCUT2D eigenvalue weighted by atomic mass is 10.0. The van der Waals surface area contributed by atoms with Gasteiger partial charge in [0.1, 0.15) is 6.10 Å². The summed E-state index contributed by atoms with van der Waals surface area (Å²) in [6, 6.07) is 0. The highest BCUT2D eigenvalue weighted by molar-refractivity contribution is 5.02. The van der Waals surface area contributed by atoms with E-state index in [1.54, 1.807) is 6.92 Å². The molecule has 1 unspecified atom stereocenters. The molecular weight excluding hydrogens is 391 g/mol. The highest BCUT2D eigenvalue weighted by Crippen LogP contribution is 2.54. The summed E-state index contributed by atoms with van der Waals surface area (Å²) in [5.74, 6) is 0. The first kappa shape index (κ1) is 25.2. The second kappa shape index (κ2) is 9.95. The Bertz CT molecular complexity index is 357. The first-order valence-electron chi connectivity index (χ1n) is 7.27. The molecule has 158 valence electrons. The first-order chi connectivity index (χ1) is 11.7. The van der Waals surface area contributed by atoms with Crippen LogP contribution in [0.2, 0.25) is 0 Å². The summed E-state index contributed by atoms with van der Waals surface area (Å²) in [6.45, 7) is -0.795. The van der Waals surface area contributed by atoms with E-state index in [0.29, 0.717) is 6.42 Å². The standard InChI is InChI=1S/C13H19F9O4/c1-3-4-25-9(7-24-6-5-23-2)8-26-10(11(14,15)16,12(17,18)19)13(20,21)22/h9H,3-8H2,1-2H3. The monoisotopic (exact) mass is 410 g/mol. The molecule has 0 aromatic carbocycles. The van der Waals surface area contributed by atoms with Gasteiger partial charge in [-0.3, -0.25) is 0 Å². The molecule has 0 amide bonds. The highest BCUT2D eigenvalue weighted by Gasteiger charge is 2.85. The molecule has 0 aromatic heterocycles. The van der Waals surface area contributed by atoms with Crippen LogP contribution in [0, 0.1) is 0 Å². The van der Waals surface area contributed by atoms with Crippen LogP contribution in [0.3, 0.4) is 0 Å². The summed E-state index contributed by atoms with van der Waals surface area (Å²) in [6.07, 6.45) is -21.6. The second-order valence-corrected chi connectivity index (χ2v) is 5.05. The van der Waals surface area contributed by atoms with Crippen molar-refractivity contribution >= 4 is 0 Å². The van der Waals surface area contributed by atoms with E-state index < -0.39 is 43.4 Å². The van der Waals surface area contributed by atoms with Gasteiger partial charge in [-0.2, -0.15) is 39.5 Å². The molecule has 0 aliphatic rings. The van der Waals surface area contributed by atoms with Gasteiger partial charge in [-0.05, 0) is 6.42 Å². The van der Waals surface area contributed by atoms with Gasteiger partial charge in [0.15, 0.2) is 0 Å². The first-order valence-corrected chi connectivity index (χ1v) is 7.27. The molecule has 0 aromatic rings. The van der Waals surface area contributed by atoms with E-state index in [0.717, 1.165) is 0 Å². The molecule has 0 fully saturated rings. The average Bonchev–Trinajstić information content (AvgIpc) is 2.44. The fourth-order valence-electron chi connectivity index (χ4n) is 1.73. The van der Waals surface area contributed by atoms with Gasteiger partial charge in [-0.15, -0.1) is 0 Å². The van der Waals surface area contributed by atoms with Gasteiger partial charge in [0.25, 0.3) is 0 Å². The molecule has 0 saturated heterocycles. The Labute approximate surface area is 143 Å². The van der Waals surface area contributed by atoms with Crippen LogP contribution in [-0.4, -0.2) is 70.4 Å². The molecule has 0 spiro atoms. The number of ether oxygens (including phenoxy) is 4. The third kappa shape index (κ3) is 6.43. The van der Waals surface area contributed by atoms with Gasteiger partial charge in [0.05, 0.1) is 26.4 Å². The van der Waals surface area contributed by atoms with Crippen LogP contribution in [0.1, 0.15) is 13.3 Å². The summed E-state index contributed by atoms with van der Waals surface area (Å²) < 4.78 is 133. The van der Waals surface area contributed by atoms with Gasteiger partial charge in [0.2, 0.25) is 0 Å². The molecular formula is C13H19F9O4. The molecule has 13 heteroatoms. The van der Waals surface area contributed by atoms with Crippen molar-refractivity contribution in [2.24, 2.45) is 0 Å². The Morgan fingerprint density at radius 2 is 1.23 bits per heavy atom. The predicted octanol–water partition coefficient (Wildman–Crippen LogP) is 3.89. The van der Waals surface area contributed by atoms with Crippen molar-refractivity contribution in [1.29, 1.82) is 0 Å². The minimum atomic E-state index is -6.78. The summed E-state index contributed by atoms with van der Waals surface area (Å²) in [4.78, 5) is 0. The number of rotatable bonds is 11. The summed E-state index contributed by atoms with van der Waals surface area (Å²) in [7, 11) is 1.31. The average molecular weight is 410 g/mol. The van der Waals surface area contributed by atoms with Crippen molar-refractivity contribution in [3.05, 3.63) is 0 Å². The van der Waals surface area contributed by atoms with Crippen LogP contribution in [0.5, 0.6) is 0 Å². The van der Waals surface area contributed by atoms with E-state index in [4.69, 9.17) is 9.47 Å². The topological polar surface area (TPSA) is 36.9 Å². The molecule has 0 radical (unpaired) electrons. The molecule has 0 saturated carbocycles. The molecule has 0 bridgehead atoms. The minimum absolute atomic E-state index is 0.0545. The van der Waals surface area contributed by atoms with E-state index in [9.17, 15) is 39.5 Å². The zero-order valence-corrected chi connectivity index (χ0v) is 13.9. The quantitative estimate of drug-likeness (QED) is 0.383. The van der Waals surface area contributed by atoms with Crippen molar-refractivity contribution in [2.75, 3.05) is 40.1 Å². The van der Waals surface area contributed by atoms with Gasteiger partial charge < -0.3 is 18.9 Å². The normalized spacial score (nSPS) is 15.3. The number of hydrogen-bond acceptors (Lipinski definition) is 4.